The molecule has 5 nitrogen and oxygen atoms in total. The monoisotopic (exact) mass is 240 g/mol. The van der Waals surface area contributed by atoms with Crippen molar-refractivity contribution in [3.63, 3.8) is 0 Å². The van der Waals surface area contributed by atoms with Crippen molar-refractivity contribution in [1.29, 1.82) is 0 Å². The summed E-state index contributed by atoms with van der Waals surface area (Å²) >= 11 is 0. The number of likely N-dealkylation sites (tertiary alicyclic amines) is 2. The zero-order chi connectivity index (χ0) is 12.6. The third-order valence-electron chi connectivity index (χ3n) is 3.90. The zero-order valence-corrected chi connectivity index (χ0v) is 10.5. The maximum atomic E-state index is 11.9. The Morgan fingerprint density at radius 3 is 2.59 bits per heavy atom. The average Bonchev–Trinajstić information content (AvgIpc) is 2.44. The number of carbonyl (C=O) groups is 2. The Morgan fingerprint density at radius 2 is 2.00 bits per heavy atom. The minimum absolute atomic E-state index is 0.100. The highest BCUT2D eigenvalue weighted by atomic mass is 16.3. The molecule has 2 fully saturated rings. The normalized spacial score (nSPS) is 36.4. The predicted octanol–water partition coefficient (Wildman–Crippen LogP) is -0.0194. The van der Waals surface area contributed by atoms with Crippen molar-refractivity contribution >= 4 is 11.8 Å². The number of carbonyl (C=O) groups excluding carboxylic acids is 2. The third-order valence-corrected chi connectivity index (χ3v) is 3.90. The lowest BCUT2D eigenvalue weighted by atomic mass is 9.98. The Bertz CT molecular complexity index is 341. The van der Waals surface area contributed by atoms with Crippen molar-refractivity contribution in [2.45, 2.75) is 44.2 Å². The van der Waals surface area contributed by atoms with Crippen LogP contribution in [0.15, 0.2) is 0 Å². The Hall–Kier alpha value is -0.940. The minimum Gasteiger partial charge on any atom is -0.390 e. The van der Waals surface area contributed by atoms with Gasteiger partial charge in [0.2, 0.25) is 11.8 Å². The van der Waals surface area contributed by atoms with Gasteiger partial charge in [-0.15, -0.1) is 0 Å². The van der Waals surface area contributed by atoms with Crippen LogP contribution in [0.3, 0.4) is 0 Å². The molecular weight excluding hydrogens is 220 g/mol. The molecule has 0 spiro atoms. The van der Waals surface area contributed by atoms with E-state index in [4.69, 9.17) is 0 Å². The van der Waals surface area contributed by atoms with Gasteiger partial charge in [0.1, 0.15) is 0 Å². The Balaban J connectivity index is 2.04. The molecule has 2 amide bonds. The first-order valence-electron chi connectivity index (χ1n) is 6.17. The second kappa shape index (κ2) is 4.38. The van der Waals surface area contributed by atoms with Gasteiger partial charge in [0, 0.05) is 13.6 Å². The number of aliphatic hydroxyl groups is 1. The molecule has 0 aromatic rings. The van der Waals surface area contributed by atoms with Crippen LogP contribution in [0.5, 0.6) is 0 Å². The van der Waals surface area contributed by atoms with Gasteiger partial charge in [0.15, 0.2) is 0 Å². The second-order valence-electron chi connectivity index (χ2n) is 5.40. The van der Waals surface area contributed by atoms with E-state index < -0.39 is 5.60 Å². The topological polar surface area (TPSA) is 60.9 Å². The maximum absolute atomic E-state index is 11.9. The molecule has 0 aliphatic carbocycles. The first kappa shape index (κ1) is 12.5. The Labute approximate surface area is 101 Å². The first-order chi connectivity index (χ1) is 7.91. The van der Waals surface area contributed by atoms with Gasteiger partial charge in [-0.3, -0.25) is 19.4 Å². The molecule has 0 radical (unpaired) electrons. The van der Waals surface area contributed by atoms with Crippen LogP contribution < -0.4 is 0 Å². The van der Waals surface area contributed by atoms with E-state index in [0.29, 0.717) is 13.0 Å². The number of amides is 2. The van der Waals surface area contributed by atoms with E-state index in [1.807, 2.05) is 11.8 Å². The summed E-state index contributed by atoms with van der Waals surface area (Å²) in [6.07, 6.45) is 2.58. The average molecular weight is 240 g/mol. The third kappa shape index (κ3) is 2.50. The summed E-state index contributed by atoms with van der Waals surface area (Å²) in [6, 6.07) is -0.304. The summed E-state index contributed by atoms with van der Waals surface area (Å²) in [5.41, 5.74) is -0.633. The van der Waals surface area contributed by atoms with Crippen LogP contribution in [0, 0.1) is 0 Å². The summed E-state index contributed by atoms with van der Waals surface area (Å²) in [4.78, 5) is 26.6. The Kier molecular flexibility index (Phi) is 3.23. The van der Waals surface area contributed by atoms with Crippen LogP contribution in [0.1, 0.15) is 32.6 Å². The van der Waals surface area contributed by atoms with Gasteiger partial charge in [-0.2, -0.15) is 0 Å². The fraction of sp³-hybridized carbons (Fsp3) is 0.833. The van der Waals surface area contributed by atoms with Gasteiger partial charge in [0.05, 0.1) is 18.1 Å². The summed E-state index contributed by atoms with van der Waals surface area (Å²) in [5, 5.41) is 10.00. The molecule has 0 aromatic carbocycles. The van der Waals surface area contributed by atoms with Gasteiger partial charge < -0.3 is 5.11 Å². The quantitative estimate of drug-likeness (QED) is 0.654. The SMILES string of the molecule is CN1C(=O)CC(N2CCCC(C)(O)CC2)C1=O. The summed E-state index contributed by atoms with van der Waals surface area (Å²) < 4.78 is 0. The van der Waals surface area contributed by atoms with Gasteiger partial charge >= 0.3 is 0 Å². The fourth-order valence-corrected chi connectivity index (χ4v) is 2.62. The van der Waals surface area contributed by atoms with Crippen LogP contribution in [0.25, 0.3) is 0 Å². The van der Waals surface area contributed by atoms with E-state index in [0.717, 1.165) is 19.4 Å². The molecule has 5 heteroatoms. The molecule has 0 saturated carbocycles. The number of nitrogens with zero attached hydrogens (tertiary/aromatic N) is 2. The molecule has 2 aliphatic rings. The standard InChI is InChI=1S/C12H20N2O3/c1-12(17)4-3-6-14(7-5-12)9-8-10(15)13(2)11(9)16/h9,17H,3-8H2,1-2H3. The molecule has 2 unspecified atom stereocenters. The van der Waals surface area contributed by atoms with E-state index >= 15 is 0 Å². The van der Waals surface area contributed by atoms with Crippen molar-refractivity contribution in [1.82, 2.24) is 9.80 Å². The molecule has 17 heavy (non-hydrogen) atoms. The number of hydrogen-bond donors (Lipinski definition) is 1. The molecule has 0 bridgehead atoms. The van der Waals surface area contributed by atoms with E-state index in [9.17, 15) is 14.7 Å². The van der Waals surface area contributed by atoms with Crippen molar-refractivity contribution in [3.8, 4) is 0 Å². The fourth-order valence-electron chi connectivity index (χ4n) is 2.62. The summed E-state index contributed by atoms with van der Waals surface area (Å²) in [7, 11) is 1.54. The van der Waals surface area contributed by atoms with Crippen LogP contribution in [0.4, 0.5) is 0 Å². The molecule has 2 rings (SSSR count). The molecule has 2 atom stereocenters. The lowest BCUT2D eigenvalue weighted by Crippen LogP contribution is -2.42. The molecule has 1 N–H and O–H groups in total. The predicted molar refractivity (Wildman–Crippen MR) is 62.2 cm³/mol. The number of rotatable bonds is 1. The van der Waals surface area contributed by atoms with Crippen molar-refractivity contribution in [2.75, 3.05) is 20.1 Å². The number of hydrogen-bond acceptors (Lipinski definition) is 4. The minimum atomic E-state index is -0.633. The first-order valence-corrected chi connectivity index (χ1v) is 6.17. The molecular formula is C12H20N2O3. The lowest BCUT2D eigenvalue weighted by Gasteiger charge is -2.26. The number of likely N-dealkylation sites (N-methyl/N-ethyl adjacent to an activating group) is 1. The molecule has 2 heterocycles. The van der Waals surface area contributed by atoms with Crippen LogP contribution in [-0.4, -0.2) is 58.5 Å². The highest BCUT2D eigenvalue weighted by Crippen LogP contribution is 2.25. The Morgan fingerprint density at radius 1 is 1.29 bits per heavy atom. The van der Waals surface area contributed by atoms with E-state index in [1.54, 1.807) is 7.05 Å². The van der Waals surface area contributed by atoms with Crippen molar-refractivity contribution in [2.24, 2.45) is 0 Å². The van der Waals surface area contributed by atoms with E-state index in [1.165, 1.54) is 4.90 Å². The van der Waals surface area contributed by atoms with Crippen molar-refractivity contribution < 1.29 is 14.7 Å². The van der Waals surface area contributed by atoms with E-state index in [-0.39, 0.29) is 24.3 Å². The summed E-state index contributed by atoms with van der Waals surface area (Å²) in [5.74, 6) is -0.201. The van der Waals surface area contributed by atoms with Crippen LogP contribution in [-0.2, 0) is 9.59 Å². The van der Waals surface area contributed by atoms with Gasteiger partial charge in [-0.05, 0) is 32.7 Å². The molecule has 96 valence electrons. The summed E-state index contributed by atoms with van der Waals surface area (Å²) in [6.45, 7) is 3.31. The van der Waals surface area contributed by atoms with Crippen molar-refractivity contribution in [3.05, 3.63) is 0 Å². The highest BCUT2D eigenvalue weighted by Gasteiger charge is 2.40. The zero-order valence-electron chi connectivity index (χ0n) is 10.5. The van der Waals surface area contributed by atoms with Gasteiger partial charge in [0.25, 0.3) is 0 Å². The van der Waals surface area contributed by atoms with Crippen LogP contribution in [0.2, 0.25) is 0 Å². The molecule has 0 aromatic heterocycles. The van der Waals surface area contributed by atoms with Gasteiger partial charge in [-0.25, -0.2) is 0 Å². The highest BCUT2D eigenvalue weighted by molar-refractivity contribution is 6.05. The second-order valence-corrected chi connectivity index (χ2v) is 5.40. The maximum Gasteiger partial charge on any atom is 0.246 e. The van der Waals surface area contributed by atoms with E-state index in [2.05, 4.69) is 0 Å². The smallest absolute Gasteiger partial charge is 0.246 e. The largest absolute Gasteiger partial charge is 0.390 e. The molecule has 2 aliphatic heterocycles. The van der Waals surface area contributed by atoms with Crippen LogP contribution >= 0.6 is 0 Å². The lowest BCUT2D eigenvalue weighted by molar-refractivity contribution is -0.138. The van der Waals surface area contributed by atoms with Gasteiger partial charge in [-0.1, -0.05) is 0 Å². The number of imide groups is 1. The molecule has 2 saturated heterocycles.